The summed E-state index contributed by atoms with van der Waals surface area (Å²) in [5.41, 5.74) is 3.37. The third-order valence-electron chi connectivity index (χ3n) is 4.50. The molecular formula is C22H23N3O3. The topological polar surface area (TPSA) is 87.3 Å². The lowest BCUT2D eigenvalue weighted by atomic mass is 10.1. The number of carbonyl (C=O) groups is 3. The number of carbonyl (C=O) groups excluding carboxylic acids is 3. The van der Waals surface area contributed by atoms with Crippen molar-refractivity contribution in [2.24, 2.45) is 0 Å². The number of aryl methyl sites for hydroxylation is 1. The van der Waals surface area contributed by atoms with Gasteiger partial charge >= 0.3 is 0 Å². The van der Waals surface area contributed by atoms with Crippen LogP contribution in [-0.4, -0.2) is 30.8 Å². The van der Waals surface area contributed by atoms with Crippen LogP contribution in [0.4, 0.5) is 5.69 Å². The van der Waals surface area contributed by atoms with Gasteiger partial charge in [0.15, 0.2) is 0 Å². The van der Waals surface area contributed by atoms with Crippen LogP contribution in [-0.2, 0) is 4.79 Å². The first-order chi connectivity index (χ1) is 13.5. The fourth-order valence-corrected chi connectivity index (χ4v) is 2.63. The van der Waals surface area contributed by atoms with Gasteiger partial charge in [-0.15, -0.1) is 0 Å². The minimum Gasteiger partial charge on any atom is -0.355 e. The fraction of sp³-hybridized carbons (Fsp3) is 0.227. The summed E-state index contributed by atoms with van der Waals surface area (Å²) >= 11 is 0. The van der Waals surface area contributed by atoms with Crippen LogP contribution in [0.5, 0.6) is 0 Å². The maximum absolute atomic E-state index is 12.3. The van der Waals surface area contributed by atoms with Gasteiger partial charge in [-0.2, -0.15) is 0 Å². The summed E-state index contributed by atoms with van der Waals surface area (Å²) in [6.07, 6.45) is 5.14. The van der Waals surface area contributed by atoms with Gasteiger partial charge in [-0.1, -0.05) is 18.2 Å². The van der Waals surface area contributed by atoms with E-state index in [4.69, 9.17) is 0 Å². The summed E-state index contributed by atoms with van der Waals surface area (Å²) in [5, 5.41) is 8.31. The zero-order valence-corrected chi connectivity index (χ0v) is 15.9. The summed E-state index contributed by atoms with van der Waals surface area (Å²) in [4.78, 5) is 36.0. The Hall–Kier alpha value is -3.41. The normalized spacial score (nSPS) is 13.2. The number of rotatable bonds is 6. The van der Waals surface area contributed by atoms with Gasteiger partial charge in [-0.05, 0) is 61.2 Å². The van der Waals surface area contributed by atoms with Crippen molar-refractivity contribution in [2.75, 3.05) is 12.4 Å². The van der Waals surface area contributed by atoms with Crippen molar-refractivity contribution >= 4 is 29.5 Å². The molecule has 0 aromatic heterocycles. The second kappa shape index (κ2) is 8.52. The Labute approximate surface area is 164 Å². The third kappa shape index (κ3) is 5.07. The van der Waals surface area contributed by atoms with Crippen molar-refractivity contribution in [1.29, 1.82) is 0 Å². The van der Waals surface area contributed by atoms with E-state index in [2.05, 4.69) is 16.0 Å². The zero-order valence-electron chi connectivity index (χ0n) is 15.9. The Kier molecular flexibility index (Phi) is 5.89. The maximum Gasteiger partial charge on any atom is 0.251 e. The molecule has 28 heavy (non-hydrogen) atoms. The Balaban J connectivity index is 1.64. The monoisotopic (exact) mass is 377 g/mol. The van der Waals surface area contributed by atoms with Gasteiger partial charge in [0.25, 0.3) is 11.8 Å². The summed E-state index contributed by atoms with van der Waals surface area (Å²) in [6, 6.07) is 12.5. The molecule has 3 N–H and O–H groups in total. The highest BCUT2D eigenvalue weighted by atomic mass is 16.2. The van der Waals surface area contributed by atoms with Gasteiger partial charge in [-0.25, -0.2) is 0 Å². The lowest BCUT2D eigenvalue weighted by Crippen LogP contribution is -2.25. The molecule has 6 nitrogen and oxygen atoms in total. The standard InChI is InChI=1S/C22H23N3O3/c1-14-3-7-17(22(28)24-18-10-11-18)13-19(14)25-20(26)12-6-15-4-8-16(9-5-15)21(27)23-2/h3-9,12-13,18H,10-11H2,1-2H3,(H,23,27)(H,24,28)(H,25,26). The van der Waals surface area contributed by atoms with Crippen LogP contribution in [0.2, 0.25) is 0 Å². The van der Waals surface area contributed by atoms with E-state index in [9.17, 15) is 14.4 Å². The lowest BCUT2D eigenvalue weighted by Gasteiger charge is -2.09. The molecule has 1 aliphatic rings. The number of benzene rings is 2. The van der Waals surface area contributed by atoms with Crippen molar-refractivity contribution in [3.63, 3.8) is 0 Å². The molecule has 1 aliphatic carbocycles. The van der Waals surface area contributed by atoms with E-state index in [0.29, 0.717) is 16.8 Å². The quantitative estimate of drug-likeness (QED) is 0.677. The molecule has 1 saturated carbocycles. The van der Waals surface area contributed by atoms with Crippen LogP contribution in [0.3, 0.4) is 0 Å². The number of nitrogens with one attached hydrogen (secondary N) is 3. The predicted octanol–water partition coefficient (Wildman–Crippen LogP) is 2.90. The molecule has 3 rings (SSSR count). The minimum absolute atomic E-state index is 0.121. The van der Waals surface area contributed by atoms with Crippen LogP contribution in [0.25, 0.3) is 6.08 Å². The highest BCUT2D eigenvalue weighted by Gasteiger charge is 2.24. The van der Waals surface area contributed by atoms with E-state index in [1.165, 1.54) is 6.08 Å². The molecular weight excluding hydrogens is 354 g/mol. The Morgan fingerprint density at radius 3 is 2.29 bits per heavy atom. The van der Waals surface area contributed by atoms with Crippen molar-refractivity contribution in [3.05, 3.63) is 70.8 Å². The van der Waals surface area contributed by atoms with Crippen molar-refractivity contribution in [2.45, 2.75) is 25.8 Å². The van der Waals surface area contributed by atoms with Crippen molar-refractivity contribution in [1.82, 2.24) is 10.6 Å². The third-order valence-corrected chi connectivity index (χ3v) is 4.50. The minimum atomic E-state index is -0.293. The fourth-order valence-electron chi connectivity index (χ4n) is 2.63. The van der Waals surface area contributed by atoms with Gasteiger partial charge in [0, 0.05) is 36.0 Å². The Bertz CT molecular complexity index is 929. The number of amides is 3. The molecule has 144 valence electrons. The molecule has 0 spiro atoms. The molecule has 2 aromatic carbocycles. The van der Waals surface area contributed by atoms with Gasteiger partial charge in [0.2, 0.25) is 5.91 Å². The Morgan fingerprint density at radius 1 is 0.964 bits per heavy atom. The highest BCUT2D eigenvalue weighted by Crippen LogP contribution is 2.21. The van der Waals surface area contributed by atoms with E-state index in [0.717, 1.165) is 24.0 Å². The number of hydrogen-bond donors (Lipinski definition) is 3. The molecule has 2 aromatic rings. The largest absolute Gasteiger partial charge is 0.355 e. The second-order valence-corrected chi connectivity index (χ2v) is 6.80. The van der Waals surface area contributed by atoms with Gasteiger partial charge in [0.05, 0.1) is 0 Å². The summed E-state index contributed by atoms with van der Waals surface area (Å²) in [7, 11) is 1.58. The van der Waals surface area contributed by atoms with Gasteiger partial charge in [0.1, 0.15) is 0 Å². The van der Waals surface area contributed by atoms with Crippen LogP contribution in [0.1, 0.15) is 44.7 Å². The average Bonchev–Trinajstić information content (AvgIpc) is 3.51. The molecule has 1 fully saturated rings. The molecule has 6 heteroatoms. The first-order valence-corrected chi connectivity index (χ1v) is 9.19. The molecule has 0 bridgehead atoms. The SMILES string of the molecule is CNC(=O)c1ccc(C=CC(=O)Nc2cc(C(=O)NC3CC3)ccc2C)cc1. The van der Waals surface area contributed by atoms with Crippen molar-refractivity contribution < 1.29 is 14.4 Å². The second-order valence-electron chi connectivity index (χ2n) is 6.80. The van der Waals surface area contributed by atoms with Crippen molar-refractivity contribution in [3.8, 4) is 0 Å². The lowest BCUT2D eigenvalue weighted by molar-refractivity contribution is -0.111. The van der Waals surface area contributed by atoms with E-state index in [-0.39, 0.29) is 23.8 Å². The molecule has 0 aliphatic heterocycles. The van der Waals surface area contributed by atoms with Crippen LogP contribution < -0.4 is 16.0 Å². The zero-order chi connectivity index (χ0) is 20.1. The average molecular weight is 377 g/mol. The van der Waals surface area contributed by atoms with E-state index in [1.807, 2.05) is 13.0 Å². The van der Waals surface area contributed by atoms with E-state index in [1.54, 1.807) is 49.5 Å². The summed E-state index contributed by atoms with van der Waals surface area (Å²) in [6.45, 7) is 1.87. The number of anilines is 1. The smallest absolute Gasteiger partial charge is 0.251 e. The molecule has 0 atom stereocenters. The molecule has 0 saturated heterocycles. The Morgan fingerprint density at radius 2 is 1.64 bits per heavy atom. The predicted molar refractivity (Wildman–Crippen MR) is 109 cm³/mol. The first kappa shape index (κ1) is 19.4. The molecule has 3 amide bonds. The summed E-state index contributed by atoms with van der Waals surface area (Å²) < 4.78 is 0. The first-order valence-electron chi connectivity index (χ1n) is 9.19. The van der Waals surface area contributed by atoms with Crippen LogP contribution in [0.15, 0.2) is 48.5 Å². The van der Waals surface area contributed by atoms with Crippen LogP contribution >= 0.6 is 0 Å². The highest BCUT2D eigenvalue weighted by molar-refractivity contribution is 6.03. The van der Waals surface area contributed by atoms with E-state index >= 15 is 0 Å². The maximum atomic E-state index is 12.3. The van der Waals surface area contributed by atoms with Gasteiger partial charge in [-0.3, -0.25) is 14.4 Å². The summed E-state index contributed by atoms with van der Waals surface area (Å²) in [5.74, 6) is -0.572. The molecule has 0 unspecified atom stereocenters. The molecule has 0 heterocycles. The molecule has 0 radical (unpaired) electrons. The van der Waals surface area contributed by atoms with E-state index < -0.39 is 0 Å². The van der Waals surface area contributed by atoms with Gasteiger partial charge < -0.3 is 16.0 Å². The number of hydrogen-bond acceptors (Lipinski definition) is 3. The van der Waals surface area contributed by atoms with Crippen LogP contribution in [0, 0.1) is 6.92 Å².